The fourth-order valence-electron chi connectivity index (χ4n) is 3.22. The van der Waals surface area contributed by atoms with Crippen molar-refractivity contribution in [2.75, 3.05) is 16.6 Å². The molecule has 1 heterocycles. The number of hydrogen-bond donors (Lipinski definition) is 2. The highest BCUT2D eigenvalue weighted by Crippen LogP contribution is 2.31. The van der Waals surface area contributed by atoms with Crippen molar-refractivity contribution in [1.82, 2.24) is 0 Å². The van der Waals surface area contributed by atoms with Crippen molar-refractivity contribution in [1.29, 1.82) is 0 Å². The lowest BCUT2D eigenvalue weighted by molar-refractivity contribution is 0.486. The topological polar surface area (TPSA) is 58.2 Å². The third-order valence-corrected chi connectivity index (χ3v) is 6.19. The number of nitrogens with one attached hydrogen (secondary N) is 2. The molecule has 0 unspecified atom stereocenters. The molecule has 110 valence electrons. The summed E-state index contributed by atoms with van der Waals surface area (Å²) >= 11 is 0. The molecule has 1 aromatic carbocycles. The molecule has 4 nitrogen and oxygen atoms in total. The minimum atomic E-state index is -3.25. The summed E-state index contributed by atoms with van der Waals surface area (Å²) in [5, 5.41) is 3.11. The maximum atomic E-state index is 12.5. The molecule has 0 bridgehead atoms. The number of rotatable bonds is 3. The first-order chi connectivity index (χ1) is 9.67. The van der Waals surface area contributed by atoms with Crippen LogP contribution in [0.1, 0.15) is 44.1 Å². The highest BCUT2D eigenvalue weighted by Gasteiger charge is 2.28. The maximum absolute atomic E-state index is 12.5. The molecule has 1 fully saturated rings. The average Bonchev–Trinajstić information content (AvgIpc) is 2.48. The van der Waals surface area contributed by atoms with Crippen LogP contribution in [0.5, 0.6) is 0 Å². The normalized spacial score (nSPS) is 20.0. The first-order valence-corrected chi connectivity index (χ1v) is 9.09. The quantitative estimate of drug-likeness (QED) is 0.900. The van der Waals surface area contributed by atoms with Crippen molar-refractivity contribution in [3.05, 3.63) is 23.8 Å². The molecular formula is C15H22N2O2S. The molecule has 2 aliphatic rings. The maximum Gasteiger partial charge on any atom is 0.235 e. The summed E-state index contributed by atoms with van der Waals surface area (Å²) in [6, 6.07) is 5.81. The van der Waals surface area contributed by atoms with Gasteiger partial charge in [-0.15, -0.1) is 0 Å². The lowest BCUT2D eigenvalue weighted by Crippen LogP contribution is -2.30. The van der Waals surface area contributed by atoms with Gasteiger partial charge in [-0.05, 0) is 43.4 Å². The Balaban J connectivity index is 1.83. The van der Waals surface area contributed by atoms with Crippen LogP contribution in [-0.2, 0) is 16.4 Å². The molecule has 0 amide bonds. The monoisotopic (exact) mass is 294 g/mol. The average molecular weight is 294 g/mol. The van der Waals surface area contributed by atoms with E-state index in [0.29, 0.717) is 0 Å². The molecule has 3 rings (SSSR count). The van der Waals surface area contributed by atoms with Crippen LogP contribution in [0.4, 0.5) is 11.4 Å². The van der Waals surface area contributed by atoms with E-state index in [1.807, 2.05) is 18.2 Å². The molecule has 1 aromatic rings. The Morgan fingerprint density at radius 2 is 1.90 bits per heavy atom. The number of benzene rings is 1. The highest BCUT2D eigenvalue weighted by molar-refractivity contribution is 7.93. The second-order valence-corrected chi connectivity index (χ2v) is 7.73. The SMILES string of the molecule is O=S(=O)(Nc1cccc2c1CCCN2)C1CCCCC1. The lowest BCUT2D eigenvalue weighted by atomic mass is 10.0. The summed E-state index contributed by atoms with van der Waals surface area (Å²) < 4.78 is 27.9. The minimum Gasteiger partial charge on any atom is -0.385 e. The number of fused-ring (bicyclic) bond motifs is 1. The van der Waals surface area contributed by atoms with Crippen LogP contribution in [-0.4, -0.2) is 20.2 Å². The van der Waals surface area contributed by atoms with E-state index in [0.717, 1.165) is 68.4 Å². The third-order valence-electron chi connectivity index (χ3n) is 4.34. The Labute approximate surface area is 121 Å². The molecule has 0 aromatic heterocycles. The largest absolute Gasteiger partial charge is 0.385 e. The number of hydrogen-bond acceptors (Lipinski definition) is 3. The van der Waals surface area contributed by atoms with Gasteiger partial charge in [-0.3, -0.25) is 4.72 Å². The van der Waals surface area contributed by atoms with Gasteiger partial charge in [0.1, 0.15) is 0 Å². The van der Waals surface area contributed by atoms with Gasteiger partial charge in [-0.25, -0.2) is 8.42 Å². The van der Waals surface area contributed by atoms with Crippen molar-refractivity contribution in [3.8, 4) is 0 Å². The van der Waals surface area contributed by atoms with Crippen molar-refractivity contribution in [3.63, 3.8) is 0 Å². The van der Waals surface area contributed by atoms with Gasteiger partial charge >= 0.3 is 0 Å². The molecule has 20 heavy (non-hydrogen) atoms. The van der Waals surface area contributed by atoms with Crippen LogP contribution < -0.4 is 10.0 Å². The molecule has 0 radical (unpaired) electrons. The molecular weight excluding hydrogens is 272 g/mol. The van der Waals surface area contributed by atoms with Crippen LogP contribution in [0.2, 0.25) is 0 Å². The molecule has 0 atom stereocenters. The smallest absolute Gasteiger partial charge is 0.235 e. The van der Waals surface area contributed by atoms with Gasteiger partial charge in [0.15, 0.2) is 0 Å². The zero-order valence-corrected chi connectivity index (χ0v) is 12.5. The Kier molecular flexibility index (Phi) is 3.87. The fraction of sp³-hybridized carbons (Fsp3) is 0.600. The van der Waals surface area contributed by atoms with Gasteiger partial charge < -0.3 is 5.32 Å². The molecule has 1 aliphatic carbocycles. The molecule has 0 saturated heterocycles. The van der Waals surface area contributed by atoms with E-state index in [2.05, 4.69) is 10.0 Å². The van der Waals surface area contributed by atoms with Gasteiger partial charge in [0, 0.05) is 12.2 Å². The fourth-order valence-corrected chi connectivity index (χ4v) is 4.84. The lowest BCUT2D eigenvalue weighted by Gasteiger charge is -2.25. The Morgan fingerprint density at radius 3 is 2.70 bits per heavy atom. The van der Waals surface area contributed by atoms with Gasteiger partial charge in [0.05, 0.1) is 10.9 Å². The zero-order chi connectivity index (χ0) is 14.0. The molecule has 5 heteroatoms. The van der Waals surface area contributed by atoms with Gasteiger partial charge in [-0.1, -0.05) is 25.3 Å². The van der Waals surface area contributed by atoms with E-state index in [1.54, 1.807) is 0 Å². The predicted octanol–water partition coefficient (Wildman–Crippen LogP) is 3.12. The minimum absolute atomic E-state index is 0.219. The van der Waals surface area contributed by atoms with Crippen LogP contribution in [0.3, 0.4) is 0 Å². The van der Waals surface area contributed by atoms with Crippen molar-refractivity contribution in [2.24, 2.45) is 0 Å². The van der Waals surface area contributed by atoms with E-state index in [1.165, 1.54) is 0 Å². The molecule has 2 N–H and O–H groups in total. The molecule has 0 spiro atoms. The standard InChI is InChI=1S/C15H22N2O2S/c18-20(19,12-6-2-1-3-7-12)17-15-10-4-9-14-13(15)8-5-11-16-14/h4,9-10,12,16-17H,1-3,5-8,11H2. The summed E-state index contributed by atoms with van der Waals surface area (Å²) in [7, 11) is -3.25. The second-order valence-electron chi connectivity index (χ2n) is 5.77. The van der Waals surface area contributed by atoms with Crippen LogP contribution in [0.15, 0.2) is 18.2 Å². The van der Waals surface area contributed by atoms with E-state index in [9.17, 15) is 8.42 Å². The number of sulfonamides is 1. The van der Waals surface area contributed by atoms with Crippen LogP contribution >= 0.6 is 0 Å². The van der Waals surface area contributed by atoms with Crippen LogP contribution in [0.25, 0.3) is 0 Å². The number of anilines is 2. The summed E-state index contributed by atoms with van der Waals surface area (Å²) in [5.74, 6) is 0. The van der Waals surface area contributed by atoms with Gasteiger partial charge in [0.25, 0.3) is 0 Å². The van der Waals surface area contributed by atoms with Gasteiger partial charge in [0.2, 0.25) is 10.0 Å². The van der Waals surface area contributed by atoms with E-state index < -0.39 is 10.0 Å². The summed E-state index contributed by atoms with van der Waals surface area (Å²) in [5.41, 5.74) is 2.94. The first kappa shape index (κ1) is 13.7. The highest BCUT2D eigenvalue weighted by atomic mass is 32.2. The first-order valence-electron chi connectivity index (χ1n) is 7.54. The summed E-state index contributed by atoms with van der Waals surface area (Å²) in [6.07, 6.45) is 6.79. The predicted molar refractivity (Wildman–Crippen MR) is 82.7 cm³/mol. The molecule has 1 aliphatic heterocycles. The summed E-state index contributed by atoms with van der Waals surface area (Å²) in [6.45, 7) is 0.964. The molecule has 1 saturated carbocycles. The zero-order valence-electron chi connectivity index (χ0n) is 11.7. The van der Waals surface area contributed by atoms with Crippen molar-refractivity contribution >= 4 is 21.4 Å². The Morgan fingerprint density at radius 1 is 1.10 bits per heavy atom. The van der Waals surface area contributed by atoms with Crippen LogP contribution in [0, 0.1) is 0 Å². The van der Waals surface area contributed by atoms with Crippen molar-refractivity contribution < 1.29 is 8.42 Å². The summed E-state index contributed by atoms with van der Waals surface area (Å²) in [4.78, 5) is 0. The van der Waals surface area contributed by atoms with Gasteiger partial charge in [-0.2, -0.15) is 0 Å². The van der Waals surface area contributed by atoms with E-state index in [-0.39, 0.29) is 5.25 Å². The third kappa shape index (κ3) is 2.77. The van der Waals surface area contributed by atoms with E-state index >= 15 is 0 Å². The second kappa shape index (κ2) is 5.64. The Bertz CT molecular complexity index is 578. The van der Waals surface area contributed by atoms with Crippen molar-refractivity contribution in [2.45, 2.75) is 50.2 Å². The van der Waals surface area contributed by atoms with E-state index in [4.69, 9.17) is 0 Å². The Hall–Kier alpha value is -1.23.